The second kappa shape index (κ2) is 24.1. The van der Waals surface area contributed by atoms with Crippen molar-refractivity contribution in [3.05, 3.63) is 82.1 Å². The topological polar surface area (TPSA) is 145 Å². The molecule has 3 rings (SSSR count). The Kier molecular flexibility index (Phi) is 22.1. The monoisotopic (exact) mass is 990 g/mol. The highest BCUT2D eigenvalue weighted by atomic mass is 128. The van der Waals surface area contributed by atoms with Crippen LogP contribution in [0.1, 0.15) is 66.5 Å². The molecule has 290 valence electrons. The van der Waals surface area contributed by atoms with Crippen LogP contribution in [-0.4, -0.2) is 78.2 Å². The van der Waals surface area contributed by atoms with E-state index < -0.39 is 41.8 Å². The third-order valence-corrected chi connectivity index (χ3v) is 7.06. The van der Waals surface area contributed by atoms with Gasteiger partial charge in [-0.15, -0.1) is 0 Å². The average molecular weight is 992 g/mol. The predicted octanol–water partition coefficient (Wildman–Crippen LogP) is 8.15. The number of rotatable bonds is 12. The van der Waals surface area contributed by atoms with E-state index in [1.165, 1.54) is 17.3 Å². The van der Waals surface area contributed by atoms with Crippen molar-refractivity contribution in [2.75, 3.05) is 19.8 Å². The molecule has 0 unspecified atom stereocenters. The van der Waals surface area contributed by atoms with Gasteiger partial charge in [-0.25, -0.2) is 9.59 Å². The zero-order valence-electron chi connectivity index (χ0n) is 30.8. The van der Waals surface area contributed by atoms with E-state index in [1.807, 2.05) is 38.1 Å². The van der Waals surface area contributed by atoms with Crippen molar-refractivity contribution < 1.29 is 38.1 Å². The zero-order chi connectivity index (χ0) is 39.5. The Hall–Kier alpha value is -2.38. The van der Waals surface area contributed by atoms with E-state index in [4.69, 9.17) is 42.1 Å². The highest BCUT2D eigenvalue weighted by Crippen LogP contribution is 2.19. The Balaban J connectivity index is 0.000000508. The number of hydrogen-bond donors (Lipinski definition) is 3. The van der Waals surface area contributed by atoms with Gasteiger partial charge in [-0.3, -0.25) is 14.5 Å². The molecule has 0 saturated heterocycles. The summed E-state index contributed by atoms with van der Waals surface area (Å²) in [5.74, 6) is -0.603. The molecular weight excluding hydrogens is 941 g/mol. The van der Waals surface area contributed by atoms with Crippen LogP contribution >= 0.6 is 60.4 Å². The number of amides is 4. The molecule has 1 aliphatic heterocycles. The summed E-state index contributed by atoms with van der Waals surface area (Å²) >= 11 is 16.0. The Bertz CT molecular complexity index is 1430. The van der Waals surface area contributed by atoms with Gasteiger partial charge in [-0.1, -0.05) is 47.5 Å². The highest BCUT2D eigenvalue weighted by Gasteiger charge is 2.33. The fourth-order valence-electron chi connectivity index (χ4n) is 4.42. The predicted molar refractivity (Wildman–Crippen MR) is 221 cm³/mol. The molecule has 0 aromatic heterocycles. The number of hydrogen-bond acceptors (Lipinski definition) is 8. The number of halogens is 4. The number of ether oxygens (including phenoxy) is 4. The number of alkyl carbamates (subject to hydrolysis) is 1. The molecule has 2 atom stereocenters. The lowest BCUT2D eigenvalue weighted by atomic mass is 10.0. The minimum absolute atomic E-state index is 0.174. The van der Waals surface area contributed by atoms with Gasteiger partial charge >= 0.3 is 12.2 Å². The SMILES string of the molecule is CC(C)(C)OC(=O)N1C=CNC(=O)[C@@H]1Cc1ccc(Cl)cc1.CCOC(CNC(=O)[C@H](Cc1ccc(Cl)cc1)NC(=O)OC(C)(C)C)OCC.II. The lowest BCUT2D eigenvalue weighted by molar-refractivity contribution is -0.141. The Labute approximate surface area is 340 Å². The number of carbonyl (C=O) groups is 4. The number of benzene rings is 2. The molecular formula is C36H50Cl2I2N4O8. The van der Waals surface area contributed by atoms with Crippen LogP contribution in [0, 0.1) is 0 Å². The summed E-state index contributed by atoms with van der Waals surface area (Å²) in [4.78, 5) is 50.6. The standard InChI is InChI=1S/C20H31ClN2O5.C16H19ClN2O3.I2/c1-6-26-17(27-7-2)13-22-18(24)16(23-19(25)28-20(3,4)5)12-14-8-10-15(21)11-9-14;1-16(2,3)22-15(21)19-9-8-18-14(20)13(19)10-11-4-6-12(17)7-5-11;1-2/h8-11,16-17H,6-7,12-13H2,1-5H3,(H,22,24)(H,23,25);4-9,13H,10H2,1-3H3,(H,18,20);/t16-;13-;/m00./s1. The van der Waals surface area contributed by atoms with Crippen LogP contribution in [-0.2, 0) is 41.4 Å². The molecule has 4 amide bonds. The van der Waals surface area contributed by atoms with Crippen LogP contribution in [0.25, 0.3) is 0 Å². The van der Waals surface area contributed by atoms with Crippen LogP contribution in [0.5, 0.6) is 0 Å². The molecule has 12 nitrogen and oxygen atoms in total. The molecule has 0 saturated carbocycles. The first-order valence-electron chi connectivity index (χ1n) is 16.5. The summed E-state index contributed by atoms with van der Waals surface area (Å²) in [6, 6.07) is 12.8. The molecule has 16 heteroatoms. The fraction of sp³-hybridized carbons (Fsp3) is 0.500. The molecule has 3 N–H and O–H groups in total. The van der Waals surface area contributed by atoms with Gasteiger partial charge in [0.2, 0.25) is 11.8 Å². The first-order chi connectivity index (χ1) is 24.4. The molecule has 0 fully saturated rings. The van der Waals surface area contributed by atoms with E-state index in [0.29, 0.717) is 29.7 Å². The van der Waals surface area contributed by atoms with Gasteiger partial charge in [-0.05, 0) is 90.8 Å². The second-order valence-electron chi connectivity index (χ2n) is 13.2. The molecule has 0 radical (unpaired) electrons. The van der Waals surface area contributed by atoms with E-state index in [0.717, 1.165) is 11.1 Å². The Morgan fingerprint density at radius 2 is 1.35 bits per heavy atom. The maximum atomic E-state index is 12.7. The molecule has 0 spiro atoms. The third kappa shape index (κ3) is 19.6. The van der Waals surface area contributed by atoms with Crippen molar-refractivity contribution in [3.8, 4) is 0 Å². The summed E-state index contributed by atoms with van der Waals surface area (Å²) in [5.41, 5.74) is 0.476. The van der Waals surface area contributed by atoms with Gasteiger partial charge in [-0.2, -0.15) is 0 Å². The molecule has 52 heavy (non-hydrogen) atoms. The normalized spacial score (nSPS) is 14.5. The summed E-state index contributed by atoms with van der Waals surface area (Å²) in [7, 11) is 0. The largest absolute Gasteiger partial charge is 0.444 e. The van der Waals surface area contributed by atoms with Crippen molar-refractivity contribution in [1.29, 1.82) is 0 Å². The highest BCUT2D eigenvalue weighted by molar-refractivity contribution is 15.0. The van der Waals surface area contributed by atoms with E-state index in [9.17, 15) is 19.2 Å². The van der Waals surface area contributed by atoms with Crippen molar-refractivity contribution in [3.63, 3.8) is 0 Å². The number of nitrogens with one attached hydrogen (secondary N) is 3. The number of carbonyl (C=O) groups excluding carboxylic acids is 4. The van der Waals surface area contributed by atoms with Crippen molar-refractivity contribution in [2.45, 2.75) is 97.8 Å². The minimum Gasteiger partial charge on any atom is -0.444 e. The maximum Gasteiger partial charge on any atom is 0.415 e. The number of nitrogens with zero attached hydrogens (tertiary/aromatic N) is 1. The lowest BCUT2D eigenvalue weighted by Crippen LogP contribution is -2.51. The van der Waals surface area contributed by atoms with Gasteiger partial charge in [0.15, 0.2) is 6.29 Å². The van der Waals surface area contributed by atoms with Crippen molar-refractivity contribution in [1.82, 2.24) is 20.9 Å². The Morgan fingerprint density at radius 3 is 1.83 bits per heavy atom. The first kappa shape index (κ1) is 47.6. The quantitative estimate of drug-likeness (QED) is 0.143. The summed E-state index contributed by atoms with van der Waals surface area (Å²) < 4.78 is 21.5. The summed E-state index contributed by atoms with van der Waals surface area (Å²) in [5, 5.41) is 9.24. The van der Waals surface area contributed by atoms with E-state index in [-0.39, 0.29) is 24.8 Å². The van der Waals surface area contributed by atoms with E-state index >= 15 is 0 Å². The smallest absolute Gasteiger partial charge is 0.415 e. The maximum absolute atomic E-state index is 12.7. The molecule has 2 aromatic carbocycles. The van der Waals surface area contributed by atoms with Crippen LogP contribution in [0.2, 0.25) is 10.0 Å². The summed E-state index contributed by atoms with van der Waals surface area (Å²) in [6.45, 7) is 15.4. The van der Waals surface area contributed by atoms with Gasteiger partial charge in [0.05, 0.1) is 6.54 Å². The summed E-state index contributed by atoms with van der Waals surface area (Å²) in [6.07, 6.45) is 1.88. The van der Waals surface area contributed by atoms with Crippen LogP contribution in [0.15, 0.2) is 60.9 Å². The second-order valence-corrected chi connectivity index (χ2v) is 14.0. The van der Waals surface area contributed by atoms with Gasteiger partial charge in [0.1, 0.15) is 23.3 Å². The third-order valence-electron chi connectivity index (χ3n) is 6.55. The van der Waals surface area contributed by atoms with Crippen molar-refractivity contribution in [2.24, 2.45) is 0 Å². The van der Waals surface area contributed by atoms with Crippen LogP contribution in [0.3, 0.4) is 0 Å². The van der Waals surface area contributed by atoms with Crippen molar-refractivity contribution >= 4 is 84.4 Å². The molecule has 1 heterocycles. The zero-order valence-corrected chi connectivity index (χ0v) is 36.6. The van der Waals surface area contributed by atoms with Gasteiger partial charge < -0.3 is 34.9 Å². The van der Waals surface area contributed by atoms with Crippen LogP contribution < -0.4 is 16.0 Å². The van der Waals surface area contributed by atoms with E-state index in [1.54, 1.807) is 65.8 Å². The molecule has 2 aromatic rings. The molecule has 0 bridgehead atoms. The van der Waals surface area contributed by atoms with E-state index in [2.05, 4.69) is 53.2 Å². The Morgan fingerprint density at radius 1 is 0.846 bits per heavy atom. The average Bonchev–Trinajstić information content (AvgIpc) is 3.06. The van der Waals surface area contributed by atoms with Crippen LogP contribution in [0.4, 0.5) is 9.59 Å². The first-order valence-corrected chi connectivity index (χ1v) is 23.6. The van der Waals surface area contributed by atoms with Gasteiger partial charge in [0, 0.05) is 85.7 Å². The van der Waals surface area contributed by atoms with Gasteiger partial charge in [0.25, 0.3) is 0 Å². The molecule has 0 aliphatic carbocycles. The minimum atomic E-state index is -0.820. The fourth-order valence-corrected chi connectivity index (χ4v) is 4.68. The lowest BCUT2D eigenvalue weighted by Gasteiger charge is -2.32. The molecule has 1 aliphatic rings.